The molecule has 0 radical (unpaired) electrons. The summed E-state index contributed by atoms with van der Waals surface area (Å²) in [7, 11) is 0. The smallest absolute Gasteiger partial charge is 0.149 e. The number of aryl methyl sites for hydroxylation is 1. The molecule has 0 saturated heterocycles. The van der Waals surface area contributed by atoms with Crippen LogP contribution in [0.25, 0.3) is 83.9 Å². The molecule has 1 N–H and O–H groups in total. The minimum Gasteiger partial charge on any atom is -0.507 e. The average molecular weight is 862 g/mol. The van der Waals surface area contributed by atoms with Gasteiger partial charge in [-0.15, -0.1) is 0 Å². The van der Waals surface area contributed by atoms with E-state index in [0.717, 1.165) is 38.9 Å². The Bertz CT molecular complexity index is 3620. The maximum absolute atomic E-state index is 11.7. The molecule has 0 spiro atoms. The summed E-state index contributed by atoms with van der Waals surface area (Å²) in [5, 5.41) is 11.7. The predicted octanol–water partition coefficient (Wildman–Crippen LogP) is 16.3. The number of nitrogens with zero attached hydrogens (tertiary/aromatic N) is 3. The number of rotatable bonds is 7. The minimum absolute atomic E-state index is 0.00727. The number of aromatic hydroxyl groups is 1. The van der Waals surface area contributed by atoms with Gasteiger partial charge in [0, 0.05) is 39.3 Å². The van der Waals surface area contributed by atoms with Gasteiger partial charge in [0.15, 0.2) is 0 Å². The molecule has 0 aliphatic carbocycles. The third-order valence-electron chi connectivity index (χ3n) is 12.2. The van der Waals surface area contributed by atoms with E-state index in [9.17, 15) is 5.11 Å². The van der Waals surface area contributed by atoms with Gasteiger partial charge in [0.2, 0.25) is 0 Å². The largest absolute Gasteiger partial charge is 0.507 e. The van der Waals surface area contributed by atoms with E-state index in [1.165, 1.54) is 24.3 Å². The summed E-state index contributed by atoms with van der Waals surface area (Å²) in [4.78, 5) is 10.3. The SMILES string of the molecule is [2H]C([2H])([2H])c1cc(-c2ccc(C(C)(C)C)cc2)c(-n2c(-c3ccccc3O)nc3c(-c4cc(-c5cc(-c6ccc(C(C([2H])([2H])[2H])(C([2H])([2H])[2H])C([2H])([2H])[2H])cc6)ccn5)cc(C(C)(C)C)c4)cccc32)cc1-c1ccccc1. The van der Waals surface area contributed by atoms with Crippen LogP contribution in [-0.2, 0) is 16.2 Å². The Morgan fingerprint density at radius 2 is 1.11 bits per heavy atom. The molecule has 324 valence electrons. The number of phenolic OH excluding ortho intramolecular Hbond substituents is 1. The van der Waals surface area contributed by atoms with Crippen LogP contribution in [0.3, 0.4) is 0 Å². The molecule has 2 aromatic heterocycles. The number of para-hydroxylation sites is 2. The lowest BCUT2D eigenvalue weighted by atomic mass is 9.83. The lowest BCUT2D eigenvalue weighted by molar-refractivity contribution is 0.477. The zero-order valence-electron chi connectivity index (χ0n) is 49.5. The van der Waals surface area contributed by atoms with Gasteiger partial charge < -0.3 is 5.11 Å². The number of fused-ring (bicyclic) bond motifs is 1. The number of imidazole rings is 1. The topological polar surface area (TPSA) is 50.9 Å². The summed E-state index contributed by atoms with van der Waals surface area (Å²) < 4.78 is 102. The second-order valence-corrected chi connectivity index (χ2v) is 18.9. The van der Waals surface area contributed by atoms with Crippen molar-refractivity contribution in [2.45, 2.75) is 85.2 Å². The molecule has 7 aromatic carbocycles. The number of benzene rings is 7. The first-order valence-electron chi connectivity index (χ1n) is 27.8. The lowest BCUT2D eigenvalue weighted by Crippen LogP contribution is -2.11. The van der Waals surface area contributed by atoms with Crippen LogP contribution < -0.4 is 0 Å². The zero-order chi connectivity index (χ0) is 55.8. The maximum Gasteiger partial charge on any atom is 0.149 e. The number of aromatic nitrogens is 3. The van der Waals surface area contributed by atoms with Crippen molar-refractivity contribution in [3.63, 3.8) is 0 Å². The summed E-state index contributed by atoms with van der Waals surface area (Å²) in [6.07, 6.45) is 1.65. The predicted molar refractivity (Wildman–Crippen MR) is 274 cm³/mol. The van der Waals surface area contributed by atoms with Crippen LogP contribution >= 0.6 is 0 Å². The van der Waals surface area contributed by atoms with Gasteiger partial charge in [0.1, 0.15) is 11.6 Å². The van der Waals surface area contributed by atoms with Gasteiger partial charge in [-0.3, -0.25) is 9.55 Å². The normalized spacial score (nSPS) is 15.7. The van der Waals surface area contributed by atoms with Crippen molar-refractivity contribution in [2.24, 2.45) is 0 Å². The highest BCUT2D eigenvalue weighted by atomic mass is 16.3. The molecule has 0 saturated carbocycles. The Morgan fingerprint density at radius 3 is 1.78 bits per heavy atom. The molecule has 0 aliphatic rings. The van der Waals surface area contributed by atoms with Crippen molar-refractivity contribution >= 4 is 11.0 Å². The van der Waals surface area contributed by atoms with Gasteiger partial charge in [0.05, 0.1) is 28.0 Å². The summed E-state index contributed by atoms with van der Waals surface area (Å²) in [6, 6.07) is 49.8. The highest BCUT2D eigenvalue weighted by molar-refractivity contribution is 5.98. The van der Waals surface area contributed by atoms with Gasteiger partial charge in [-0.2, -0.15) is 0 Å². The number of pyridine rings is 1. The molecule has 0 bridgehead atoms. The van der Waals surface area contributed by atoms with E-state index in [1.807, 2.05) is 95.6 Å². The van der Waals surface area contributed by atoms with Gasteiger partial charge in [-0.05, 0) is 133 Å². The monoisotopic (exact) mass is 862 g/mol. The van der Waals surface area contributed by atoms with Crippen LogP contribution in [0.5, 0.6) is 5.75 Å². The number of hydrogen-bond acceptors (Lipinski definition) is 3. The molecule has 0 aliphatic heterocycles. The van der Waals surface area contributed by atoms with E-state index < -0.39 is 32.8 Å². The van der Waals surface area contributed by atoms with Crippen LogP contribution in [0.1, 0.15) is 101 Å². The molecule has 4 heteroatoms. The van der Waals surface area contributed by atoms with Crippen molar-refractivity contribution in [3.8, 4) is 78.6 Å². The Morgan fingerprint density at radius 1 is 0.477 bits per heavy atom. The van der Waals surface area contributed by atoms with Gasteiger partial charge in [-0.25, -0.2) is 4.98 Å². The van der Waals surface area contributed by atoms with Crippen molar-refractivity contribution in [2.75, 3.05) is 0 Å². The molecule has 65 heavy (non-hydrogen) atoms. The van der Waals surface area contributed by atoms with Gasteiger partial charge >= 0.3 is 0 Å². The van der Waals surface area contributed by atoms with E-state index in [1.54, 1.807) is 30.5 Å². The molecule has 9 aromatic rings. The zero-order valence-corrected chi connectivity index (χ0v) is 37.5. The summed E-state index contributed by atoms with van der Waals surface area (Å²) in [5.74, 6) is 0.438. The van der Waals surface area contributed by atoms with Crippen LogP contribution in [-0.4, -0.2) is 19.6 Å². The first-order valence-corrected chi connectivity index (χ1v) is 21.8. The molecule has 0 amide bonds. The highest BCUT2D eigenvalue weighted by Crippen LogP contribution is 2.43. The Hall–Kier alpha value is -7.04. The molecule has 0 atom stereocenters. The highest BCUT2D eigenvalue weighted by Gasteiger charge is 2.25. The van der Waals surface area contributed by atoms with Crippen molar-refractivity contribution < 1.29 is 21.6 Å². The molecule has 0 unspecified atom stereocenters. The second kappa shape index (κ2) is 16.5. The van der Waals surface area contributed by atoms with E-state index in [0.29, 0.717) is 56.1 Å². The maximum atomic E-state index is 11.7. The molecule has 2 heterocycles. The van der Waals surface area contributed by atoms with Crippen LogP contribution in [0.2, 0.25) is 0 Å². The Kier molecular flexibility index (Phi) is 7.86. The summed E-state index contributed by atoms with van der Waals surface area (Å²) in [5.41, 5.74) is 7.66. The van der Waals surface area contributed by atoms with Crippen molar-refractivity contribution in [1.29, 1.82) is 0 Å². The van der Waals surface area contributed by atoms with Crippen LogP contribution in [0, 0.1) is 6.85 Å². The third-order valence-corrected chi connectivity index (χ3v) is 12.2. The lowest BCUT2D eigenvalue weighted by Gasteiger charge is -2.22. The minimum atomic E-state index is -3.39. The van der Waals surface area contributed by atoms with Crippen LogP contribution in [0.4, 0.5) is 0 Å². The fourth-order valence-corrected chi connectivity index (χ4v) is 8.47. The van der Waals surface area contributed by atoms with E-state index in [4.69, 9.17) is 26.4 Å². The number of phenols is 1. The van der Waals surface area contributed by atoms with Crippen LogP contribution in [0.15, 0.2) is 170 Å². The van der Waals surface area contributed by atoms with Gasteiger partial charge in [0.25, 0.3) is 0 Å². The van der Waals surface area contributed by atoms with E-state index >= 15 is 0 Å². The Balaban J connectivity index is 1.27. The molecule has 9 rings (SSSR count). The summed E-state index contributed by atoms with van der Waals surface area (Å²) in [6.45, 7) is 0.133. The Labute approximate surface area is 402 Å². The van der Waals surface area contributed by atoms with Crippen molar-refractivity contribution in [3.05, 3.63) is 192 Å². The second-order valence-electron chi connectivity index (χ2n) is 18.9. The molecule has 0 fully saturated rings. The quantitative estimate of drug-likeness (QED) is 0.174. The first kappa shape index (κ1) is 30.9. The van der Waals surface area contributed by atoms with Gasteiger partial charge in [-0.1, -0.05) is 171 Å². The standard InChI is InChI=1S/C61H59N3O/c1-39-33-52(42-25-29-47(30-26-42)60(5,6)7)55(38-51(39)41-17-12-11-13-18-41)64-54-21-16-20-49(57(54)63-58(64)50-19-14-15-22-56(50)65)44-34-45(36-48(35-44)61(8,9)10)53-37-43(31-32-62-53)40-23-27-46(28-24-40)59(2,3)4/h11-38,65H,1-10H3/i1D3,2D3,3D3,4D3. The van der Waals surface area contributed by atoms with E-state index in [-0.39, 0.29) is 27.7 Å². The fourth-order valence-electron chi connectivity index (χ4n) is 8.47. The van der Waals surface area contributed by atoms with E-state index in [2.05, 4.69) is 65.8 Å². The number of hydrogen-bond donors (Lipinski definition) is 1. The average Bonchev–Trinajstić information content (AvgIpc) is 3.78. The molecular formula is C61H59N3O. The summed E-state index contributed by atoms with van der Waals surface area (Å²) >= 11 is 0. The molecular weight excluding hydrogens is 791 g/mol. The fraction of sp³-hybridized carbons (Fsp3) is 0.213. The molecule has 4 nitrogen and oxygen atoms in total. The van der Waals surface area contributed by atoms with Crippen molar-refractivity contribution in [1.82, 2.24) is 14.5 Å². The third kappa shape index (κ3) is 8.54. The first-order chi connectivity index (χ1) is 35.9.